The molecule has 0 aliphatic heterocycles. The van der Waals surface area contributed by atoms with Gasteiger partial charge in [-0.1, -0.05) is 40.2 Å². The number of hydrogen-bond donors (Lipinski definition) is 0. The number of benzene rings is 2. The van der Waals surface area contributed by atoms with Gasteiger partial charge in [-0.3, -0.25) is 4.79 Å². The topological polar surface area (TPSA) is 44.1 Å². The van der Waals surface area contributed by atoms with E-state index in [9.17, 15) is 4.79 Å². The summed E-state index contributed by atoms with van der Waals surface area (Å²) in [6.45, 7) is 0.502. The standard InChI is InChI=1S/C17H15BrN2O/c1-20(12-15-6-2-5-14(8-15)11-19)17(21)10-13-4-3-7-16(18)9-13/h2-9H,10,12H2,1H3. The molecule has 0 unspecified atom stereocenters. The maximum absolute atomic E-state index is 12.2. The highest BCUT2D eigenvalue weighted by molar-refractivity contribution is 9.10. The van der Waals surface area contributed by atoms with E-state index in [0.717, 1.165) is 15.6 Å². The number of hydrogen-bond acceptors (Lipinski definition) is 2. The summed E-state index contributed by atoms with van der Waals surface area (Å²) in [5, 5.41) is 8.89. The third-order valence-electron chi connectivity index (χ3n) is 3.15. The Bertz CT molecular complexity index is 691. The molecule has 106 valence electrons. The molecule has 3 nitrogen and oxygen atoms in total. The number of halogens is 1. The summed E-state index contributed by atoms with van der Waals surface area (Å²) in [6, 6.07) is 17.2. The Labute approximate surface area is 132 Å². The van der Waals surface area contributed by atoms with E-state index in [-0.39, 0.29) is 5.91 Å². The predicted octanol–water partition coefficient (Wildman–Crippen LogP) is 3.52. The Morgan fingerprint density at radius 1 is 1.19 bits per heavy atom. The van der Waals surface area contributed by atoms with Crippen molar-refractivity contribution in [1.29, 1.82) is 5.26 Å². The molecule has 0 fully saturated rings. The van der Waals surface area contributed by atoms with Crippen molar-refractivity contribution in [1.82, 2.24) is 4.90 Å². The van der Waals surface area contributed by atoms with E-state index in [4.69, 9.17) is 5.26 Å². The fourth-order valence-corrected chi connectivity index (χ4v) is 2.50. The highest BCUT2D eigenvalue weighted by Gasteiger charge is 2.10. The molecule has 4 heteroatoms. The molecular formula is C17H15BrN2O. The van der Waals surface area contributed by atoms with E-state index in [1.54, 1.807) is 18.0 Å². The van der Waals surface area contributed by atoms with Crippen molar-refractivity contribution in [2.24, 2.45) is 0 Å². The van der Waals surface area contributed by atoms with Gasteiger partial charge in [0.1, 0.15) is 0 Å². The van der Waals surface area contributed by atoms with Crippen LogP contribution in [0.2, 0.25) is 0 Å². The van der Waals surface area contributed by atoms with Gasteiger partial charge in [-0.05, 0) is 35.4 Å². The highest BCUT2D eigenvalue weighted by Crippen LogP contribution is 2.13. The van der Waals surface area contributed by atoms with Crippen molar-refractivity contribution in [3.63, 3.8) is 0 Å². The summed E-state index contributed by atoms with van der Waals surface area (Å²) >= 11 is 3.40. The van der Waals surface area contributed by atoms with Crippen molar-refractivity contribution in [2.75, 3.05) is 7.05 Å². The van der Waals surface area contributed by atoms with Gasteiger partial charge in [0.15, 0.2) is 0 Å². The van der Waals surface area contributed by atoms with Gasteiger partial charge in [0.25, 0.3) is 0 Å². The summed E-state index contributed by atoms with van der Waals surface area (Å²) in [7, 11) is 1.78. The molecule has 0 atom stereocenters. The van der Waals surface area contributed by atoms with Gasteiger partial charge in [0.05, 0.1) is 18.1 Å². The number of nitriles is 1. The number of rotatable bonds is 4. The molecule has 2 aromatic carbocycles. The van der Waals surface area contributed by atoms with Crippen molar-refractivity contribution in [3.8, 4) is 6.07 Å². The fraction of sp³-hybridized carbons (Fsp3) is 0.176. The van der Waals surface area contributed by atoms with Crippen molar-refractivity contribution >= 4 is 21.8 Å². The Hall–Kier alpha value is -2.12. The lowest BCUT2D eigenvalue weighted by Crippen LogP contribution is -2.27. The number of nitrogens with zero attached hydrogens (tertiary/aromatic N) is 2. The average Bonchev–Trinajstić information content (AvgIpc) is 2.47. The van der Waals surface area contributed by atoms with Crippen LogP contribution in [0.25, 0.3) is 0 Å². The third-order valence-corrected chi connectivity index (χ3v) is 3.64. The molecule has 0 bridgehead atoms. The van der Waals surface area contributed by atoms with E-state index in [1.807, 2.05) is 42.5 Å². The van der Waals surface area contributed by atoms with Crippen molar-refractivity contribution in [2.45, 2.75) is 13.0 Å². The lowest BCUT2D eigenvalue weighted by atomic mass is 10.1. The van der Waals surface area contributed by atoms with Crippen LogP contribution in [-0.4, -0.2) is 17.9 Å². The van der Waals surface area contributed by atoms with E-state index in [0.29, 0.717) is 18.5 Å². The largest absolute Gasteiger partial charge is 0.341 e. The molecule has 1 amide bonds. The average molecular weight is 343 g/mol. The van der Waals surface area contributed by atoms with Crippen LogP contribution in [0.15, 0.2) is 53.0 Å². The van der Waals surface area contributed by atoms with Gasteiger partial charge in [-0.2, -0.15) is 5.26 Å². The Balaban J connectivity index is 2.01. The van der Waals surface area contributed by atoms with E-state index in [2.05, 4.69) is 22.0 Å². The normalized spacial score (nSPS) is 9.95. The minimum Gasteiger partial charge on any atom is -0.341 e. The molecule has 0 heterocycles. The molecular weight excluding hydrogens is 328 g/mol. The lowest BCUT2D eigenvalue weighted by molar-refractivity contribution is -0.129. The van der Waals surface area contributed by atoms with Gasteiger partial charge in [0, 0.05) is 18.1 Å². The van der Waals surface area contributed by atoms with Gasteiger partial charge in [-0.25, -0.2) is 0 Å². The molecule has 0 saturated carbocycles. The van der Waals surface area contributed by atoms with Gasteiger partial charge in [-0.15, -0.1) is 0 Å². The first kappa shape index (κ1) is 15.3. The summed E-state index contributed by atoms with van der Waals surface area (Å²) in [6.07, 6.45) is 0.369. The SMILES string of the molecule is CN(Cc1cccc(C#N)c1)C(=O)Cc1cccc(Br)c1. The third kappa shape index (κ3) is 4.44. The molecule has 21 heavy (non-hydrogen) atoms. The Morgan fingerprint density at radius 3 is 2.62 bits per heavy atom. The van der Waals surface area contributed by atoms with E-state index < -0.39 is 0 Å². The van der Waals surface area contributed by atoms with Crippen LogP contribution >= 0.6 is 15.9 Å². The van der Waals surface area contributed by atoms with Crippen LogP contribution in [0.5, 0.6) is 0 Å². The summed E-state index contributed by atoms with van der Waals surface area (Å²) in [5.74, 6) is 0.0514. The monoisotopic (exact) mass is 342 g/mol. The number of carbonyl (C=O) groups is 1. The summed E-state index contributed by atoms with van der Waals surface area (Å²) in [5.41, 5.74) is 2.55. The molecule has 0 radical (unpaired) electrons. The molecule has 0 aliphatic rings. The summed E-state index contributed by atoms with van der Waals surface area (Å²) < 4.78 is 0.970. The smallest absolute Gasteiger partial charge is 0.227 e. The van der Waals surface area contributed by atoms with Crippen LogP contribution in [0.3, 0.4) is 0 Å². The zero-order valence-electron chi connectivity index (χ0n) is 11.7. The molecule has 0 aliphatic carbocycles. The van der Waals surface area contributed by atoms with E-state index in [1.165, 1.54) is 0 Å². The second-order valence-electron chi connectivity index (χ2n) is 4.87. The molecule has 2 rings (SSSR count). The number of carbonyl (C=O) groups excluding carboxylic acids is 1. The van der Waals surface area contributed by atoms with E-state index >= 15 is 0 Å². The zero-order valence-corrected chi connectivity index (χ0v) is 13.3. The molecule has 2 aromatic rings. The number of likely N-dealkylation sites (N-methyl/N-ethyl adjacent to an activating group) is 1. The van der Waals surface area contributed by atoms with Crippen LogP contribution in [-0.2, 0) is 17.8 Å². The number of amides is 1. The second kappa shape index (κ2) is 7.05. The maximum atomic E-state index is 12.2. The fourth-order valence-electron chi connectivity index (χ4n) is 2.06. The minimum absolute atomic E-state index is 0.0514. The Kier molecular flexibility index (Phi) is 5.13. The van der Waals surface area contributed by atoms with Gasteiger partial charge < -0.3 is 4.90 Å². The first-order valence-corrected chi connectivity index (χ1v) is 7.35. The molecule has 0 N–H and O–H groups in total. The summed E-state index contributed by atoms with van der Waals surface area (Å²) in [4.78, 5) is 13.9. The predicted molar refractivity (Wildman–Crippen MR) is 85.5 cm³/mol. The van der Waals surface area contributed by atoms with Crippen LogP contribution < -0.4 is 0 Å². The van der Waals surface area contributed by atoms with Crippen LogP contribution in [0.1, 0.15) is 16.7 Å². The molecule has 0 saturated heterocycles. The second-order valence-corrected chi connectivity index (χ2v) is 5.78. The quantitative estimate of drug-likeness (QED) is 0.853. The maximum Gasteiger partial charge on any atom is 0.227 e. The van der Waals surface area contributed by atoms with Crippen molar-refractivity contribution < 1.29 is 4.79 Å². The first-order valence-electron chi connectivity index (χ1n) is 6.56. The first-order chi connectivity index (χ1) is 10.1. The van der Waals surface area contributed by atoms with Crippen LogP contribution in [0, 0.1) is 11.3 Å². The highest BCUT2D eigenvalue weighted by atomic mass is 79.9. The minimum atomic E-state index is 0.0514. The van der Waals surface area contributed by atoms with Gasteiger partial charge in [0.2, 0.25) is 5.91 Å². The van der Waals surface area contributed by atoms with Gasteiger partial charge >= 0.3 is 0 Å². The Morgan fingerprint density at radius 2 is 1.90 bits per heavy atom. The zero-order chi connectivity index (χ0) is 15.2. The molecule has 0 aromatic heterocycles. The van der Waals surface area contributed by atoms with Crippen molar-refractivity contribution in [3.05, 3.63) is 69.7 Å². The lowest BCUT2D eigenvalue weighted by Gasteiger charge is -2.17. The van der Waals surface area contributed by atoms with Crippen LogP contribution in [0.4, 0.5) is 0 Å². The molecule has 0 spiro atoms.